The Labute approximate surface area is 216 Å². The van der Waals surface area contributed by atoms with Gasteiger partial charge in [-0.15, -0.1) is 0 Å². The molecule has 0 aromatic carbocycles. The monoisotopic (exact) mass is 510 g/mol. The maximum Gasteiger partial charge on any atom is 0.291 e. The summed E-state index contributed by atoms with van der Waals surface area (Å²) in [6, 6.07) is 0.0443. The van der Waals surface area contributed by atoms with Gasteiger partial charge in [-0.3, -0.25) is 19.0 Å². The van der Waals surface area contributed by atoms with Gasteiger partial charge in [0.15, 0.2) is 5.56 Å². The Morgan fingerprint density at radius 1 is 1.19 bits per heavy atom. The highest BCUT2D eigenvalue weighted by molar-refractivity contribution is 5.97. The summed E-state index contributed by atoms with van der Waals surface area (Å²) in [6.45, 7) is 8.85. The van der Waals surface area contributed by atoms with Crippen molar-refractivity contribution in [2.24, 2.45) is 5.92 Å². The SMILES string of the molecule is Cc1nn2c(=O)c(C(=O)NC3CC3)c(O)n(CC(C)C)c2c1C=CC(=O)N1CCCC12CCN(C)CC2. The van der Waals surface area contributed by atoms with E-state index in [1.54, 1.807) is 23.6 Å². The number of fused-ring (bicyclic) bond motifs is 1. The van der Waals surface area contributed by atoms with E-state index in [9.17, 15) is 19.5 Å². The number of hydrogen-bond acceptors (Lipinski definition) is 6. The summed E-state index contributed by atoms with van der Waals surface area (Å²) in [7, 11) is 2.12. The fraction of sp³-hybridized carbons (Fsp3) is 0.630. The van der Waals surface area contributed by atoms with E-state index in [0.29, 0.717) is 23.4 Å². The molecule has 3 aliphatic rings. The van der Waals surface area contributed by atoms with Crippen molar-refractivity contribution in [1.82, 2.24) is 29.3 Å². The number of amides is 2. The Kier molecular flexibility index (Phi) is 6.64. The molecule has 2 aromatic heterocycles. The number of aromatic nitrogens is 3. The van der Waals surface area contributed by atoms with E-state index in [4.69, 9.17) is 0 Å². The van der Waals surface area contributed by atoms with Crippen LogP contribution < -0.4 is 10.9 Å². The number of rotatable bonds is 6. The van der Waals surface area contributed by atoms with Gasteiger partial charge in [0.2, 0.25) is 11.8 Å². The lowest BCUT2D eigenvalue weighted by molar-refractivity contribution is -0.131. The first-order chi connectivity index (χ1) is 17.6. The van der Waals surface area contributed by atoms with Gasteiger partial charge in [0.25, 0.3) is 11.5 Å². The van der Waals surface area contributed by atoms with Gasteiger partial charge in [0.1, 0.15) is 5.65 Å². The Morgan fingerprint density at radius 3 is 2.54 bits per heavy atom. The molecule has 0 unspecified atom stereocenters. The van der Waals surface area contributed by atoms with Crippen molar-refractivity contribution < 1.29 is 14.7 Å². The Balaban J connectivity index is 1.53. The van der Waals surface area contributed by atoms with Gasteiger partial charge in [-0.1, -0.05) is 13.8 Å². The van der Waals surface area contributed by atoms with E-state index < -0.39 is 11.5 Å². The van der Waals surface area contributed by atoms with Crippen LogP contribution in [0.15, 0.2) is 10.9 Å². The van der Waals surface area contributed by atoms with Gasteiger partial charge < -0.3 is 20.2 Å². The minimum atomic E-state index is -0.662. The Bertz CT molecular complexity index is 1310. The van der Waals surface area contributed by atoms with Crippen LogP contribution in [0.5, 0.6) is 5.88 Å². The van der Waals surface area contributed by atoms with Crippen molar-refractivity contribution in [3.05, 3.63) is 33.3 Å². The quantitative estimate of drug-likeness (QED) is 0.576. The third-order valence-electron chi connectivity index (χ3n) is 8.08. The molecule has 1 aliphatic carbocycles. The maximum atomic E-state index is 13.4. The molecule has 0 radical (unpaired) electrons. The molecule has 5 rings (SSSR count). The smallest absolute Gasteiger partial charge is 0.291 e. The molecule has 1 spiro atoms. The summed E-state index contributed by atoms with van der Waals surface area (Å²) < 4.78 is 2.77. The molecule has 0 bridgehead atoms. The number of carbonyl (C=O) groups excluding carboxylic acids is 2. The first-order valence-electron chi connectivity index (χ1n) is 13.5. The van der Waals surface area contributed by atoms with Gasteiger partial charge in [-0.05, 0) is 64.5 Å². The van der Waals surface area contributed by atoms with E-state index in [2.05, 4.69) is 22.4 Å². The molecule has 2 aliphatic heterocycles. The summed E-state index contributed by atoms with van der Waals surface area (Å²) in [4.78, 5) is 43.9. The second-order valence-corrected chi connectivity index (χ2v) is 11.4. The van der Waals surface area contributed by atoms with Gasteiger partial charge in [0, 0.05) is 49.4 Å². The van der Waals surface area contributed by atoms with Gasteiger partial charge >= 0.3 is 0 Å². The largest absolute Gasteiger partial charge is 0.494 e. The van der Waals surface area contributed by atoms with Crippen molar-refractivity contribution in [3.8, 4) is 5.88 Å². The number of nitrogens with zero attached hydrogens (tertiary/aromatic N) is 5. The van der Waals surface area contributed by atoms with Gasteiger partial charge in [-0.2, -0.15) is 9.61 Å². The van der Waals surface area contributed by atoms with E-state index in [1.165, 1.54) is 4.52 Å². The first kappa shape index (κ1) is 25.5. The van der Waals surface area contributed by atoms with Crippen molar-refractivity contribution in [1.29, 1.82) is 0 Å². The fourth-order valence-electron chi connectivity index (χ4n) is 5.86. The number of likely N-dealkylation sites (tertiary alicyclic amines) is 2. The number of carbonyl (C=O) groups is 2. The molecule has 10 nitrogen and oxygen atoms in total. The van der Waals surface area contributed by atoms with E-state index in [0.717, 1.165) is 58.2 Å². The van der Waals surface area contributed by atoms with Crippen molar-refractivity contribution in [3.63, 3.8) is 0 Å². The van der Waals surface area contributed by atoms with Crippen molar-refractivity contribution >= 4 is 23.5 Å². The molecule has 1 saturated carbocycles. The van der Waals surface area contributed by atoms with Crippen LogP contribution in [-0.2, 0) is 11.3 Å². The Morgan fingerprint density at radius 2 is 1.89 bits per heavy atom. The standard InChI is InChI=1S/C27H38N6O4/c1-17(2)16-31-24-20(8-9-21(34)32-13-5-10-27(32)11-14-30(4)15-12-27)18(3)29-33(24)26(37)22(25(31)36)23(35)28-19-6-7-19/h8-9,17,19,36H,5-7,10-16H2,1-4H3,(H,28,35). The Hall–Kier alpha value is -3.14. The number of aromatic hydroxyl groups is 1. The zero-order valence-corrected chi connectivity index (χ0v) is 22.3. The molecule has 2 N–H and O–H groups in total. The summed E-state index contributed by atoms with van der Waals surface area (Å²) in [5.74, 6) is -0.861. The lowest BCUT2D eigenvalue weighted by Gasteiger charge is -2.43. The van der Waals surface area contributed by atoms with Gasteiger partial charge in [-0.25, -0.2) is 0 Å². The lowest BCUT2D eigenvalue weighted by Crippen LogP contribution is -2.53. The molecule has 0 atom stereocenters. The highest BCUT2D eigenvalue weighted by atomic mass is 16.3. The third-order valence-corrected chi connectivity index (χ3v) is 8.08. The molecular formula is C27H38N6O4. The number of nitrogens with one attached hydrogen (secondary N) is 1. The van der Waals surface area contributed by atoms with Crippen LogP contribution in [0.4, 0.5) is 0 Å². The van der Waals surface area contributed by atoms with Crippen LogP contribution in [0.1, 0.15) is 74.0 Å². The zero-order valence-electron chi connectivity index (χ0n) is 22.3. The predicted octanol–water partition coefficient (Wildman–Crippen LogP) is 2.16. The predicted molar refractivity (Wildman–Crippen MR) is 141 cm³/mol. The topological polar surface area (TPSA) is 112 Å². The highest BCUT2D eigenvalue weighted by Gasteiger charge is 2.44. The van der Waals surface area contributed by atoms with Crippen molar-refractivity contribution in [2.75, 3.05) is 26.7 Å². The number of piperidine rings is 1. The maximum absolute atomic E-state index is 13.4. The van der Waals surface area contributed by atoms with Gasteiger partial charge in [0.05, 0.1) is 5.69 Å². The van der Waals surface area contributed by atoms with E-state index >= 15 is 0 Å². The average Bonchev–Trinajstić information content (AvgIpc) is 3.46. The highest BCUT2D eigenvalue weighted by Crippen LogP contribution is 2.38. The molecule has 37 heavy (non-hydrogen) atoms. The molecule has 10 heteroatoms. The summed E-state index contributed by atoms with van der Waals surface area (Å²) >= 11 is 0. The van der Waals surface area contributed by atoms with Crippen LogP contribution >= 0.6 is 0 Å². The average molecular weight is 511 g/mol. The van der Waals surface area contributed by atoms with E-state index in [1.807, 2.05) is 18.7 Å². The molecule has 2 amide bonds. The second kappa shape index (κ2) is 9.63. The third kappa shape index (κ3) is 4.67. The van der Waals surface area contributed by atoms with Crippen LogP contribution in [0.3, 0.4) is 0 Å². The van der Waals surface area contributed by atoms with E-state index in [-0.39, 0.29) is 34.8 Å². The first-order valence-corrected chi connectivity index (χ1v) is 13.5. The molecule has 200 valence electrons. The number of hydrogen-bond donors (Lipinski definition) is 2. The molecular weight excluding hydrogens is 472 g/mol. The second-order valence-electron chi connectivity index (χ2n) is 11.4. The van der Waals surface area contributed by atoms with Crippen LogP contribution in [-0.4, -0.2) is 79.2 Å². The van der Waals surface area contributed by atoms with Crippen molar-refractivity contribution in [2.45, 2.75) is 77.4 Å². The summed E-state index contributed by atoms with van der Waals surface area (Å²) in [6.07, 6.45) is 9.02. The molecule has 2 aromatic rings. The van der Waals surface area contributed by atoms with Crippen LogP contribution in [0.2, 0.25) is 0 Å². The molecule has 3 fully saturated rings. The van der Waals surface area contributed by atoms with Crippen LogP contribution in [0, 0.1) is 12.8 Å². The summed E-state index contributed by atoms with van der Waals surface area (Å²) in [5.41, 5.74) is 0.489. The van der Waals surface area contributed by atoms with Crippen LogP contribution in [0.25, 0.3) is 11.7 Å². The minimum absolute atomic E-state index is 0.0387. The fourth-order valence-corrected chi connectivity index (χ4v) is 5.86. The zero-order chi connectivity index (χ0) is 26.5. The lowest BCUT2D eigenvalue weighted by atomic mass is 9.85. The normalized spacial score (nSPS) is 20.1. The summed E-state index contributed by atoms with van der Waals surface area (Å²) in [5, 5.41) is 18.4. The minimum Gasteiger partial charge on any atom is -0.494 e. The molecule has 2 saturated heterocycles. The molecule has 4 heterocycles. The number of aryl methyl sites for hydroxylation is 1.